The first-order valence-electron chi connectivity index (χ1n) is 7.01. The van der Waals surface area contributed by atoms with Gasteiger partial charge in [-0.2, -0.15) is 5.26 Å². The smallest absolute Gasteiger partial charge is 0.266 e. The lowest BCUT2D eigenvalue weighted by Crippen LogP contribution is -2.14. The molecule has 24 heavy (non-hydrogen) atoms. The Bertz CT molecular complexity index is 840. The van der Waals surface area contributed by atoms with Gasteiger partial charge >= 0.3 is 0 Å². The van der Waals surface area contributed by atoms with Crippen molar-refractivity contribution in [2.75, 3.05) is 5.32 Å². The van der Waals surface area contributed by atoms with Crippen molar-refractivity contribution in [3.63, 3.8) is 0 Å². The van der Waals surface area contributed by atoms with E-state index in [2.05, 4.69) is 5.32 Å². The summed E-state index contributed by atoms with van der Waals surface area (Å²) < 4.78 is 0. The average Bonchev–Trinajstić information content (AvgIpc) is 2.53. The van der Waals surface area contributed by atoms with E-state index in [1.165, 1.54) is 6.08 Å². The number of hydrogen-bond donors (Lipinski definition) is 2. The standard InChI is InChI=1S/C18H14Cl2N2O2/c1-10-6-12(7-11(2)17(10)23)8-13(9-21)18(24)22-16-14(19)4-3-5-15(16)20/h3-8,23H,1-2H3,(H,22,24)/b13-8+. The van der Waals surface area contributed by atoms with Crippen molar-refractivity contribution in [3.8, 4) is 11.8 Å². The fourth-order valence-corrected chi connectivity index (χ4v) is 2.68. The van der Waals surface area contributed by atoms with Gasteiger partial charge in [0.2, 0.25) is 0 Å². The minimum Gasteiger partial charge on any atom is -0.507 e. The second-order valence-electron chi connectivity index (χ2n) is 5.22. The molecule has 0 unspecified atom stereocenters. The number of carbonyl (C=O) groups excluding carboxylic acids is 1. The van der Waals surface area contributed by atoms with E-state index in [9.17, 15) is 15.2 Å². The number of benzene rings is 2. The van der Waals surface area contributed by atoms with Crippen LogP contribution in [0, 0.1) is 25.2 Å². The van der Waals surface area contributed by atoms with Crippen LogP contribution in [-0.4, -0.2) is 11.0 Å². The van der Waals surface area contributed by atoms with E-state index in [-0.39, 0.29) is 27.1 Å². The van der Waals surface area contributed by atoms with E-state index in [0.717, 1.165) is 0 Å². The van der Waals surface area contributed by atoms with E-state index in [4.69, 9.17) is 23.2 Å². The van der Waals surface area contributed by atoms with Crippen LogP contribution in [0.25, 0.3) is 6.08 Å². The Morgan fingerprint density at radius 1 is 1.21 bits per heavy atom. The van der Waals surface area contributed by atoms with Gasteiger partial charge < -0.3 is 10.4 Å². The molecule has 0 aliphatic rings. The summed E-state index contributed by atoms with van der Waals surface area (Å²) in [5, 5.41) is 22.2. The Morgan fingerprint density at radius 3 is 2.25 bits per heavy atom. The molecule has 0 heterocycles. The molecule has 2 N–H and O–H groups in total. The predicted molar refractivity (Wildman–Crippen MR) is 96.3 cm³/mol. The van der Waals surface area contributed by atoms with Gasteiger partial charge in [-0.25, -0.2) is 0 Å². The molecule has 0 aliphatic heterocycles. The maximum Gasteiger partial charge on any atom is 0.266 e. The fraction of sp³-hybridized carbons (Fsp3) is 0.111. The number of nitriles is 1. The minimum absolute atomic E-state index is 0.101. The number of phenolic OH excluding ortho intramolecular Hbond substituents is 1. The predicted octanol–water partition coefficient (Wildman–Crippen LogP) is 4.86. The molecule has 2 aromatic carbocycles. The van der Waals surface area contributed by atoms with Crippen LogP contribution in [0.1, 0.15) is 16.7 Å². The highest BCUT2D eigenvalue weighted by Gasteiger charge is 2.14. The average molecular weight is 361 g/mol. The maximum atomic E-state index is 12.3. The summed E-state index contributed by atoms with van der Waals surface area (Å²) in [6.45, 7) is 3.49. The van der Waals surface area contributed by atoms with Gasteiger partial charge in [0.25, 0.3) is 5.91 Å². The molecule has 122 valence electrons. The molecular weight excluding hydrogens is 347 g/mol. The number of aryl methyl sites for hydroxylation is 2. The fourth-order valence-electron chi connectivity index (χ4n) is 2.19. The molecule has 0 radical (unpaired) electrons. The van der Waals surface area contributed by atoms with Crippen molar-refractivity contribution in [1.29, 1.82) is 5.26 Å². The Kier molecular flexibility index (Phi) is 5.50. The number of nitrogens with zero attached hydrogens (tertiary/aromatic N) is 1. The van der Waals surface area contributed by atoms with E-state index in [0.29, 0.717) is 16.7 Å². The first kappa shape index (κ1) is 17.9. The van der Waals surface area contributed by atoms with Gasteiger partial charge in [-0.05, 0) is 60.9 Å². The molecule has 0 aromatic heterocycles. The normalized spacial score (nSPS) is 11.0. The largest absolute Gasteiger partial charge is 0.507 e. The van der Waals surface area contributed by atoms with Crippen molar-refractivity contribution in [2.24, 2.45) is 0 Å². The van der Waals surface area contributed by atoms with Crippen molar-refractivity contribution in [1.82, 2.24) is 0 Å². The van der Waals surface area contributed by atoms with Gasteiger partial charge in [0.1, 0.15) is 17.4 Å². The second-order valence-corrected chi connectivity index (χ2v) is 6.04. The number of nitrogens with one attached hydrogen (secondary N) is 1. The molecular formula is C18H14Cl2N2O2. The Balaban J connectivity index is 2.35. The number of anilines is 1. The van der Waals surface area contributed by atoms with Crippen LogP contribution in [-0.2, 0) is 4.79 Å². The van der Waals surface area contributed by atoms with Gasteiger partial charge in [-0.1, -0.05) is 29.3 Å². The van der Waals surface area contributed by atoms with Crippen LogP contribution in [0.5, 0.6) is 5.75 Å². The summed E-state index contributed by atoms with van der Waals surface area (Å²) in [6.07, 6.45) is 1.44. The molecule has 0 aliphatic carbocycles. The molecule has 6 heteroatoms. The SMILES string of the molecule is Cc1cc(/C=C(\C#N)C(=O)Nc2c(Cl)cccc2Cl)cc(C)c1O. The first-order valence-corrected chi connectivity index (χ1v) is 7.76. The number of rotatable bonds is 3. The number of carbonyl (C=O) groups is 1. The van der Waals surface area contributed by atoms with Crippen LogP contribution in [0.15, 0.2) is 35.9 Å². The third-order valence-electron chi connectivity index (χ3n) is 3.39. The Morgan fingerprint density at radius 2 is 1.75 bits per heavy atom. The van der Waals surface area contributed by atoms with E-state index >= 15 is 0 Å². The van der Waals surface area contributed by atoms with Crippen molar-refractivity contribution < 1.29 is 9.90 Å². The van der Waals surface area contributed by atoms with Crippen LogP contribution in [0.3, 0.4) is 0 Å². The summed E-state index contributed by atoms with van der Waals surface area (Å²) in [7, 11) is 0. The van der Waals surface area contributed by atoms with Gasteiger partial charge in [-0.3, -0.25) is 4.79 Å². The van der Waals surface area contributed by atoms with Crippen LogP contribution in [0.2, 0.25) is 10.0 Å². The van der Waals surface area contributed by atoms with Gasteiger partial charge in [-0.15, -0.1) is 0 Å². The number of phenols is 1. The molecule has 0 saturated heterocycles. The van der Waals surface area contributed by atoms with E-state index < -0.39 is 5.91 Å². The highest BCUT2D eigenvalue weighted by molar-refractivity contribution is 6.40. The molecule has 4 nitrogen and oxygen atoms in total. The van der Waals surface area contributed by atoms with Gasteiger partial charge in [0, 0.05) is 0 Å². The van der Waals surface area contributed by atoms with Gasteiger partial charge in [0.05, 0.1) is 15.7 Å². The molecule has 0 bridgehead atoms. The quantitative estimate of drug-likeness (QED) is 0.606. The van der Waals surface area contributed by atoms with Crippen molar-refractivity contribution >= 4 is 40.9 Å². The third-order valence-corrected chi connectivity index (χ3v) is 4.02. The van der Waals surface area contributed by atoms with Crippen molar-refractivity contribution in [3.05, 3.63) is 62.6 Å². The molecule has 0 saturated carbocycles. The topological polar surface area (TPSA) is 73.1 Å². The number of hydrogen-bond acceptors (Lipinski definition) is 3. The monoisotopic (exact) mass is 360 g/mol. The highest BCUT2D eigenvalue weighted by atomic mass is 35.5. The van der Waals surface area contributed by atoms with Gasteiger partial charge in [0.15, 0.2) is 0 Å². The molecule has 1 amide bonds. The van der Waals surface area contributed by atoms with Crippen LogP contribution < -0.4 is 5.32 Å². The summed E-state index contributed by atoms with van der Waals surface area (Å²) >= 11 is 12.0. The zero-order chi connectivity index (χ0) is 17.9. The van der Waals surface area contributed by atoms with Crippen LogP contribution >= 0.6 is 23.2 Å². The number of amides is 1. The maximum absolute atomic E-state index is 12.3. The number of aromatic hydroxyl groups is 1. The Labute approximate surface area is 149 Å². The van der Waals surface area contributed by atoms with E-state index in [1.54, 1.807) is 44.2 Å². The molecule has 2 aromatic rings. The minimum atomic E-state index is -0.615. The zero-order valence-electron chi connectivity index (χ0n) is 13.0. The lowest BCUT2D eigenvalue weighted by atomic mass is 10.0. The third kappa shape index (κ3) is 3.88. The number of halogens is 2. The second kappa shape index (κ2) is 7.39. The summed E-state index contributed by atoms with van der Waals surface area (Å²) in [5.41, 5.74) is 2.11. The summed E-state index contributed by atoms with van der Waals surface area (Å²) in [4.78, 5) is 12.3. The molecule has 0 fully saturated rings. The first-order chi connectivity index (χ1) is 11.3. The van der Waals surface area contributed by atoms with Crippen LogP contribution in [0.4, 0.5) is 5.69 Å². The molecule has 0 atom stereocenters. The highest BCUT2D eigenvalue weighted by Crippen LogP contribution is 2.30. The lowest BCUT2D eigenvalue weighted by Gasteiger charge is -2.09. The summed E-state index contributed by atoms with van der Waals surface area (Å²) in [6, 6.07) is 10.1. The van der Waals surface area contributed by atoms with E-state index in [1.807, 2.05) is 6.07 Å². The lowest BCUT2D eigenvalue weighted by molar-refractivity contribution is -0.112. The summed E-state index contributed by atoms with van der Waals surface area (Å²) in [5.74, 6) is -0.422. The number of para-hydroxylation sites is 1. The zero-order valence-corrected chi connectivity index (χ0v) is 14.5. The Hall–Kier alpha value is -2.48. The van der Waals surface area contributed by atoms with Crippen molar-refractivity contribution in [2.45, 2.75) is 13.8 Å². The molecule has 0 spiro atoms. The molecule has 2 rings (SSSR count).